The van der Waals surface area contributed by atoms with Crippen LogP contribution in [-0.2, 0) is 11.2 Å². The van der Waals surface area contributed by atoms with Gasteiger partial charge in [-0.2, -0.15) is 4.98 Å². The summed E-state index contributed by atoms with van der Waals surface area (Å²) in [7, 11) is 0. The van der Waals surface area contributed by atoms with Crippen molar-refractivity contribution in [3.05, 3.63) is 58.8 Å². The molecule has 1 unspecified atom stereocenters. The van der Waals surface area contributed by atoms with E-state index in [9.17, 15) is 4.79 Å². The molecule has 2 heterocycles. The Kier molecular flexibility index (Phi) is 5.05. The number of carbonyl (C=O) groups is 1. The quantitative estimate of drug-likeness (QED) is 0.738. The Balaban J connectivity index is 1.51. The van der Waals surface area contributed by atoms with Crippen molar-refractivity contribution in [3.63, 3.8) is 0 Å². The first-order valence-corrected chi connectivity index (χ1v) is 8.72. The smallest absolute Gasteiger partial charge is 0.227 e. The van der Waals surface area contributed by atoms with E-state index >= 15 is 0 Å². The van der Waals surface area contributed by atoms with Crippen LogP contribution in [0.2, 0.25) is 0 Å². The molecule has 1 amide bonds. The molecule has 0 saturated heterocycles. The number of carbonyl (C=O) groups excluding carboxylic acids is 1. The molecule has 0 spiro atoms. The van der Waals surface area contributed by atoms with Crippen LogP contribution in [0.1, 0.15) is 36.4 Å². The fourth-order valence-electron chi connectivity index (χ4n) is 2.33. The summed E-state index contributed by atoms with van der Waals surface area (Å²) in [6, 6.07) is 12.0. The third-order valence-electron chi connectivity index (χ3n) is 3.73. The molecule has 1 atom stereocenters. The van der Waals surface area contributed by atoms with Gasteiger partial charge >= 0.3 is 0 Å². The second kappa shape index (κ2) is 7.40. The van der Waals surface area contributed by atoms with E-state index in [-0.39, 0.29) is 11.9 Å². The largest absolute Gasteiger partial charge is 0.350 e. The van der Waals surface area contributed by atoms with Gasteiger partial charge in [-0.3, -0.25) is 4.79 Å². The number of nitrogens with one attached hydrogen (secondary N) is 1. The van der Waals surface area contributed by atoms with Crippen molar-refractivity contribution in [1.29, 1.82) is 0 Å². The third kappa shape index (κ3) is 4.08. The molecule has 1 aromatic carbocycles. The van der Waals surface area contributed by atoms with E-state index in [2.05, 4.69) is 15.5 Å². The number of rotatable bonds is 6. The first-order chi connectivity index (χ1) is 11.6. The Hall–Kier alpha value is -2.47. The highest BCUT2D eigenvalue weighted by atomic mass is 32.1. The maximum absolute atomic E-state index is 12.1. The number of aromatic nitrogens is 2. The van der Waals surface area contributed by atoms with Crippen molar-refractivity contribution in [2.24, 2.45) is 0 Å². The summed E-state index contributed by atoms with van der Waals surface area (Å²) in [5.41, 5.74) is 2.29. The van der Waals surface area contributed by atoms with Gasteiger partial charge in [-0.25, -0.2) is 0 Å². The Morgan fingerprint density at radius 2 is 2.08 bits per heavy atom. The second-order valence-corrected chi connectivity index (χ2v) is 6.64. The van der Waals surface area contributed by atoms with Crippen LogP contribution in [-0.4, -0.2) is 16.0 Å². The van der Waals surface area contributed by atoms with Gasteiger partial charge in [0.1, 0.15) is 0 Å². The van der Waals surface area contributed by atoms with Crippen LogP contribution in [0.15, 0.2) is 46.3 Å². The summed E-state index contributed by atoms with van der Waals surface area (Å²) < 4.78 is 5.21. The molecule has 2 aromatic heterocycles. The lowest BCUT2D eigenvalue weighted by molar-refractivity contribution is -0.121. The summed E-state index contributed by atoms with van der Waals surface area (Å²) in [4.78, 5) is 17.4. The highest BCUT2D eigenvalue weighted by Gasteiger charge is 2.13. The summed E-state index contributed by atoms with van der Waals surface area (Å²) >= 11 is 1.56. The molecular formula is C18H19N3O2S. The maximum atomic E-state index is 12.1. The SMILES string of the molecule is Cc1ccc(C(C)NC(=O)CCc2nc(-c3cccs3)no2)cc1. The molecule has 5 nitrogen and oxygen atoms in total. The van der Waals surface area contributed by atoms with Gasteiger partial charge in [-0.1, -0.05) is 41.1 Å². The molecule has 0 aliphatic carbocycles. The lowest BCUT2D eigenvalue weighted by Crippen LogP contribution is -2.26. The predicted molar refractivity (Wildman–Crippen MR) is 93.7 cm³/mol. The van der Waals surface area contributed by atoms with Gasteiger partial charge in [-0.05, 0) is 30.9 Å². The third-order valence-corrected chi connectivity index (χ3v) is 4.60. The van der Waals surface area contributed by atoms with Gasteiger partial charge in [-0.15, -0.1) is 11.3 Å². The first-order valence-electron chi connectivity index (χ1n) is 7.84. The van der Waals surface area contributed by atoms with Crippen LogP contribution in [0.5, 0.6) is 0 Å². The van der Waals surface area contributed by atoms with E-state index < -0.39 is 0 Å². The minimum Gasteiger partial charge on any atom is -0.350 e. The number of amides is 1. The van der Waals surface area contributed by atoms with Gasteiger partial charge in [0.15, 0.2) is 0 Å². The van der Waals surface area contributed by atoms with Crippen LogP contribution >= 0.6 is 11.3 Å². The van der Waals surface area contributed by atoms with E-state index in [1.54, 1.807) is 11.3 Å². The Morgan fingerprint density at radius 3 is 2.79 bits per heavy atom. The molecule has 0 fully saturated rings. The summed E-state index contributed by atoms with van der Waals surface area (Å²) in [5, 5.41) is 8.90. The average Bonchev–Trinajstić information content (AvgIpc) is 3.25. The van der Waals surface area contributed by atoms with Crippen LogP contribution in [0.3, 0.4) is 0 Å². The van der Waals surface area contributed by atoms with Crippen LogP contribution < -0.4 is 5.32 Å². The zero-order valence-electron chi connectivity index (χ0n) is 13.7. The molecule has 3 rings (SSSR count). The number of aryl methyl sites for hydroxylation is 2. The lowest BCUT2D eigenvalue weighted by Gasteiger charge is -2.14. The van der Waals surface area contributed by atoms with Crippen molar-refractivity contribution in [3.8, 4) is 10.7 Å². The summed E-state index contributed by atoms with van der Waals surface area (Å²) in [6.07, 6.45) is 0.757. The number of thiophene rings is 1. The average molecular weight is 341 g/mol. The molecule has 0 radical (unpaired) electrons. The molecule has 124 valence electrons. The highest BCUT2D eigenvalue weighted by Crippen LogP contribution is 2.21. The Morgan fingerprint density at radius 1 is 1.29 bits per heavy atom. The zero-order valence-corrected chi connectivity index (χ0v) is 14.5. The maximum Gasteiger partial charge on any atom is 0.227 e. The van der Waals surface area contributed by atoms with Gasteiger partial charge in [0.2, 0.25) is 17.6 Å². The molecule has 0 bridgehead atoms. The van der Waals surface area contributed by atoms with Gasteiger partial charge < -0.3 is 9.84 Å². The van der Waals surface area contributed by atoms with Crippen LogP contribution in [0, 0.1) is 6.92 Å². The number of nitrogens with zero attached hydrogens (tertiary/aromatic N) is 2. The Labute approximate surface area is 144 Å². The van der Waals surface area contributed by atoms with Crippen molar-refractivity contribution in [2.45, 2.75) is 32.7 Å². The molecule has 6 heteroatoms. The van der Waals surface area contributed by atoms with E-state index in [1.807, 2.05) is 55.6 Å². The summed E-state index contributed by atoms with van der Waals surface area (Å²) in [5.74, 6) is 1.03. The van der Waals surface area contributed by atoms with E-state index in [0.717, 1.165) is 10.4 Å². The minimum atomic E-state index is -0.0288. The summed E-state index contributed by atoms with van der Waals surface area (Å²) in [6.45, 7) is 4.02. The predicted octanol–water partition coefficient (Wildman–Crippen LogP) is 3.92. The van der Waals surface area contributed by atoms with Crippen LogP contribution in [0.4, 0.5) is 0 Å². The standard InChI is InChI=1S/C18H19N3O2S/c1-12-5-7-14(8-6-12)13(2)19-16(22)9-10-17-20-18(21-23-17)15-4-3-11-24-15/h3-8,11,13H,9-10H2,1-2H3,(H,19,22). The van der Waals surface area contributed by atoms with E-state index in [0.29, 0.717) is 24.6 Å². The molecular weight excluding hydrogens is 322 g/mol. The Bertz CT molecular complexity index is 794. The molecule has 0 aliphatic heterocycles. The van der Waals surface area contributed by atoms with Gasteiger partial charge in [0, 0.05) is 12.8 Å². The molecule has 0 saturated carbocycles. The van der Waals surface area contributed by atoms with Crippen molar-refractivity contribution < 1.29 is 9.32 Å². The zero-order chi connectivity index (χ0) is 16.9. The number of hydrogen-bond donors (Lipinski definition) is 1. The van der Waals surface area contributed by atoms with E-state index in [1.165, 1.54) is 5.56 Å². The fourth-order valence-corrected chi connectivity index (χ4v) is 2.98. The monoisotopic (exact) mass is 341 g/mol. The van der Waals surface area contributed by atoms with Gasteiger partial charge in [0.05, 0.1) is 10.9 Å². The minimum absolute atomic E-state index is 0.0255. The molecule has 24 heavy (non-hydrogen) atoms. The van der Waals surface area contributed by atoms with Crippen molar-refractivity contribution >= 4 is 17.2 Å². The molecule has 1 N–H and O–H groups in total. The van der Waals surface area contributed by atoms with Crippen molar-refractivity contribution in [1.82, 2.24) is 15.5 Å². The fraction of sp³-hybridized carbons (Fsp3) is 0.278. The van der Waals surface area contributed by atoms with Crippen molar-refractivity contribution in [2.75, 3.05) is 0 Å². The normalized spacial score (nSPS) is 12.1. The second-order valence-electron chi connectivity index (χ2n) is 5.69. The number of benzene rings is 1. The number of hydrogen-bond acceptors (Lipinski definition) is 5. The molecule has 3 aromatic rings. The first kappa shape index (κ1) is 16.4. The highest BCUT2D eigenvalue weighted by molar-refractivity contribution is 7.13. The lowest BCUT2D eigenvalue weighted by atomic mass is 10.1. The topological polar surface area (TPSA) is 68.0 Å². The van der Waals surface area contributed by atoms with Crippen LogP contribution in [0.25, 0.3) is 10.7 Å². The van der Waals surface area contributed by atoms with E-state index in [4.69, 9.17) is 4.52 Å². The molecule has 0 aliphatic rings. The van der Waals surface area contributed by atoms with Gasteiger partial charge in [0.25, 0.3) is 0 Å².